The highest BCUT2D eigenvalue weighted by Gasteiger charge is 2.40. The number of carbonyl (C=O) groups excluding carboxylic acids is 2. The normalized spacial score (nSPS) is 13.5. The van der Waals surface area contributed by atoms with Crippen molar-refractivity contribution in [1.29, 1.82) is 0 Å². The van der Waals surface area contributed by atoms with E-state index in [-0.39, 0.29) is 17.0 Å². The summed E-state index contributed by atoms with van der Waals surface area (Å²) in [5.74, 6) is -0.624. The minimum absolute atomic E-state index is 0.114. The lowest BCUT2D eigenvalue weighted by atomic mass is 10.0. The van der Waals surface area contributed by atoms with Crippen molar-refractivity contribution in [1.82, 2.24) is 0 Å². The summed E-state index contributed by atoms with van der Waals surface area (Å²) >= 11 is 0. The Morgan fingerprint density at radius 1 is 0.771 bits per heavy atom. The molecule has 1 aliphatic rings. The first kappa shape index (κ1) is 22.2. The number of methoxy groups -OCH3 is 2. The number of ether oxygens (including phenoxy) is 2. The van der Waals surface area contributed by atoms with Crippen molar-refractivity contribution in [3.05, 3.63) is 102 Å². The van der Waals surface area contributed by atoms with Gasteiger partial charge in [-0.2, -0.15) is 0 Å². The van der Waals surface area contributed by atoms with Gasteiger partial charge in [-0.25, -0.2) is 9.29 Å². The van der Waals surface area contributed by atoms with E-state index in [1.54, 1.807) is 18.2 Å². The summed E-state index contributed by atoms with van der Waals surface area (Å²) in [7, 11) is 3.02. The molecule has 0 fully saturated rings. The van der Waals surface area contributed by atoms with Crippen LogP contribution in [-0.2, 0) is 9.59 Å². The minimum atomic E-state index is -0.542. The van der Waals surface area contributed by atoms with E-state index in [0.717, 1.165) is 15.7 Å². The molecule has 0 radical (unpaired) electrons. The molecule has 174 valence electrons. The summed E-state index contributed by atoms with van der Waals surface area (Å²) in [6.07, 6.45) is 0. The minimum Gasteiger partial charge on any atom is -0.493 e. The largest absolute Gasteiger partial charge is 0.493 e. The zero-order valence-electron chi connectivity index (χ0n) is 19.0. The summed E-state index contributed by atoms with van der Waals surface area (Å²) in [5.41, 5.74) is 1.72. The average Bonchev–Trinajstić information content (AvgIpc) is 3.13. The molecule has 4 aromatic carbocycles. The first-order chi connectivity index (χ1) is 17.0. The number of hydrogen-bond acceptors (Lipinski definition) is 5. The predicted molar refractivity (Wildman–Crippen MR) is 133 cm³/mol. The van der Waals surface area contributed by atoms with Crippen molar-refractivity contribution in [2.75, 3.05) is 24.4 Å². The van der Waals surface area contributed by atoms with E-state index < -0.39 is 17.6 Å². The second kappa shape index (κ2) is 8.95. The summed E-state index contributed by atoms with van der Waals surface area (Å²) in [6.45, 7) is 0. The van der Waals surface area contributed by atoms with Gasteiger partial charge in [0.05, 0.1) is 25.5 Å². The molecule has 0 spiro atoms. The quantitative estimate of drug-likeness (QED) is 0.384. The van der Waals surface area contributed by atoms with Crippen LogP contribution in [-0.4, -0.2) is 26.0 Å². The maximum Gasteiger partial charge on any atom is 0.282 e. The molecule has 0 atom stereocenters. The maximum atomic E-state index is 13.7. The third-order valence-electron chi connectivity index (χ3n) is 5.89. The molecule has 0 saturated heterocycles. The van der Waals surface area contributed by atoms with Crippen LogP contribution in [0, 0.1) is 5.82 Å². The van der Waals surface area contributed by atoms with Gasteiger partial charge in [-0.1, -0.05) is 42.5 Å². The number of anilines is 2. The van der Waals surface area contributed by atoms with Gasteiger partial charge in [-0.15, -0.1) is 0 Å². The van der Waals surface area contributed by atoms with E-state index in [1.165, 1.54) is 38.5 Å². The van der Waals surface area contributed by atoms with Crippen molar-refractivity contribution in [3.63, 3.8) is 0 Å². The van der Waals surface area contributed by atoms with Crippen LogP contribution < -0.4 is 19.7 Å². The summed E-state index contributed by atoms with van der Waals surface area (Å²) in [4.78, 5) is 28.3. The maximum absolute atomic E-state index is 13.7. The number of halogens is 1. The van der Waals surface area contributed by atoms with Gasteiger partial charge in [0.2, 0.25) is 0 Å². The monoisotopic (exact) mass is 468 g/mol. The lowest BCUT2D eigenvalue weighted by molar-refractivity contribution is -0.120. The number of rotatable bonds is 6. The fourth-order valence-corrected chi connectivity index (χ4v) is 4.20. The molecule has 5 rings (SSSR count). The van der Waals surface area contributed by atoms with Crippen molar-refractivity contribution in [2.24, 2.45) is 0 Å². The number of hydrogen-bond donors (Lipinski definition) is 1. The highest BCUT2D eigenvalue weighted by molar-refractivity contribution is 6.46. The Morgan fingerprint density at radius 3 is 2.23 bits per heavy atom. The van der Waals surface area contributed by atoms with Crippen LogP contribution in [0.1, 0.15) is 5.56 Å². The lowest BCUT2D eigenvalue weighted by Gasteiger charge is -2.15. The smallest absolute Gasteiger partial charge is 0.282 e. The zero-order chi connectivity index (χ0) is 24.5. The van der Waals surface area contributed by atoms with Gasteiger partial charge in [0.25, 0.3) is 11.8 Å². The second-order valence-corrected chi connectivity index (χ2v) is 7.89. The van der Waals surface area contributed by atoms with Gasteiger partial charge in [-0.05, 0) is 53.4 Å². The SMILES string of the molecule is COc1ccc(C2=C(Nc3cccc4ccccc34)C(=O)N(c3ccc(F)cc3)C2=O)cc1OC. The Balaban J connectivity index is 1.67. The van der Waals surface area contributed by atoms with Crippen molar-refractivity contribution in [2.45, 2.75) is 0 Å². The van der Waals surface area contributed by atoms with Gasteiger partial charge < -0.3 is 14.8 Å². The van der Waals surface area contributed by atoms with Crippen molar-refractivity contribution < 1.29 is 23.5 Å². The fraction of sp³-hybridized carbons (Fsp3) is 0.0714. The first-order valence-corrected chi connectivity index (χ1v) is 10.9. The molecule has 0 aromatic heterocycles. The number of nitrogens with one attached hydrogen (secondary N) is 1. The molecule has 1 heterocycles. The highest BCUT2D eigenvalue weighted by atomic mass is 19.1. The Hall–Kier alpha value is -4.65. The van der Waals surface area contributed by atoms with Crippen molar-refractivity contribution in [3.8, 4) is 11.5 Å². The van der Waals surface area contributed by atoms with Crippen LogP contribution in [0.5, 0.6) is 11.5 Å². The average molecular weight is 468 g/mol. The van der Waals surface area contributed by atoms with Crippen LogP contribution in [0.15, 0.2) is 90.6 Å². The van der Waals surface area contributed by atoms with Gasteiger partial charge in [0.15, 0.2) is 11.5 Å². The van der Waals surface area contributed by atoms with E-state index in [9.17, 15) is 14.0 Å². The number of fused-ring (bicyclic) bond motifs is 1. The fourth-order valence-electron chi connectivity index (χ4n) is 4.20. The summed E-state index contributed by atoms with van der Waals surface area (Å²) in [6, 6.07) is 23.7. The Labute approximate surface area is 201 Å². The first-order valence-electron chi connectivity index (χ1n) is 10.9. The molecule has 0 unspecified atom stereocenters. The van der Waals surface area contributed by atoms with Crippen LogP contribution in [0.2, 0.25) is 0 Å². The second-order valence-electron chi connectivity index (χ2n) is 7.89. The number of benzene rings is 4. The standard InChI is InChI=1S/C28H21FN2O4/c1-34-23-15-10-18(16-24(23)35-2)25-26(30-22-9-5-7-17-6-3-4-8-21(17)22)28(33)31(27(25)32)20-13-11-19(29)12-14-20/h3-16,30H,1-2H3. The molecular formula is C28H21FN2O4. The van der Waals surface area contributed by atoms with E-state index in [0.29, 0.717) is 22.7 Å². The van der Waals surface area contributed by atoms with Gasteiger partial charge in [0, 0.05) is 11.1 Å². The van der Waals surface area contributed by atoms with E-state index in [1.807, 2.05) is 42.5 Å². The van der Waals surface area contributed by atoms with Crippen LogP contribution in [0.4, 0.5) is 15.8 Å². The molecule has 1 N–H and O–H groups in total. The molecule has 1 aliphatic heterocycles. The van der Waals surface area contributed by atoms with Gasteiger partial charge in [0.1, 0.15) is 11.5 Å². The molecule has 0 saturated carbocycles. The third-order valence-corrected chi connectivity index (χ3v) is 5.89. The summed E-state index contributed by atoms with van der Waals surface area (Å²) < 4.78 is 24.3. The molecule has 0 aliphatic carbocycles. The number of imide groups is 1. The Kier molecular flexibility index (Phi) is 5.66. The molecule has 4 aromatic rings. The predicted octanol–water partition coefficient (Wildman–Crippen LogP) is 5.39. The van der Waals surface area contributed by atoms with Crippen molar-refractivity contribution >= 4 is 39.5 Å². The summed E-state index contributed by atoms with van der Waals surface area (Å²) in [5, 5.41) is 5.09. The zero-order valence-corrected chi connectivity index (χ0v) is 19.0. The van der Waals surface area contributed by atoms with Crippen LogP contribution in [0.3, 0.4) is 0 Å². The molecular weight excluding hydrogens is 447 g/mol. The molecule has 2 amide bonds. The Bertz CT molecular complexity index is 1490. The lowest BCUT2D eigenvalue weighted by Crippen LogP contribution is -2.32. The number of nitrogens with zero attached hydrogens (tertiary/aromatic N) is 1. The van der Waals surface area contributed by atoms with E-state index in [4.69, 9.17) is 9.47 Å². The van der Waals surface area contributed by atoms with Crippen LogP contribution in [0.25, 0.3) is 16.3 Å². The number of carbonyl (C=O) groups is 2. The highest BCUT2D eigenvalue weighted by Crippen LogP contribution is 2.38. The molecule has 35 heavy (non-hydrogen) atoms. The van der Waals surface area contributed by atoms with E-state index >= 15 is 0 Å². The number of amides is 2. The molecule has 7 heteroatoms. The molecule has 6 nitrogen and oxygen atoms in total. The third kappa shape index (κ3) is 3.87. The van der Waals surface area contributed by atoms with Gasteiger partial charge >= 0.3 is 0 Å². The van der Waals surface area contributed by atoms with Gasteiger partial charge in [-0.3, -0.25) is 9.59 Å². The van der Waals surface area contributed by atoms with E-state index in [2.05, 4.69) is 5.32 Å². The molecule has 0 bridgehead atoms. The topological polar surface area (TPSA) is 67.9 Å². The van der Waals surface area contributed by atoms with Crippen LogP contribution >= 0.6 is 0 Å². The Morgan fingerprint density at radius 2 is 1.49 bits per heavy atom.